The Bertz CT molecular complexity index is 634. The molecular formula is C15H21N5O4S. The third-order valence-corrected chi connectivity index (χ3v) is 3.83. The highest BCUT2D eigenvalue weighted by Crippen LogP contribution is 2.26. The summed E-state index contributed by atoms with van der Waals surface area (Å²) in [5, 5.41) is 18.4. The molecule has 0 spiro atoms. The normalized spacial score (nSPS) is 15.1. The van der Waals surface area contributed by atoms with Gasteiger partial charge in [0.25, 0.3) is 0 Å². The van der Waals surface area contributed by atoms with E-state index in [0.29, 0.717) is 17.2 Å². The van der Waals surface area contributed by atoms with Gasteiger partial charge in [0, 0.05) is 37.8 Å². The zero-order valence-corrected chi connectivity index (χ0v) is 14.8. The third kappa shape index (κ3) is 6.25. The molecule has 0 amide bonds. The number of thiocarbonyl (C=S) groups is 1. The van der Waals surface area contributed by atoms with E-state index in [-0.39, 0.29) is 11.4 Å². The first-order valence-electron chi connectivity index (χ1n) is 7.79. The first-order valence-corrected chi connectivity index (χ1v) is 8.20. The molecule has 1 aliphatic heterocycles. The van der Waals surface area contributed by atoms with Crippen LogP contribution >= 0.6 is 12.2 Å². The van der Waals surface area contributed by atoms with Crippen molar-refractivity contribution in [2.75, 3.05) is 46.5 Å². The van der Waals surface area contributed by atoms with E-state index in [1.54, 1.807) is 6.07 Å². The minimum atomic E-state index is -0.499. The molecular weight excluding hydrogens is 346 g/mol. The summed E-state index contributed by atoms with van der Waals surface area (Å²) in [7, 11) is 1.39. The van der Waals surface area contributed by atoms with E-state index in [4.69, 9.17) is 21.7 Å². The number of methoxy groups -OCH3 is 1. The lowest BCUT2D eigenvalue weighted by molar-refractivity contribution is -0.385. The number of hydrogen-bond donors (Lipinski definition) is 2. The molecule has 9 nitrogen and oxygen atoms in total. The van der Waals surface area contributed by atoms with Crippen LogP contribution in [0.1, 0.15) is 5.56 Å². The highest BCUT2D eigenvalue weighted by Gasteiger charge is 2.14. The van der Waals surface area contributed by atoms with Crippen molar-refractivity contribution in [1.82, 2.24) is 15.6 Å². The first kappa shape index (κ1) is 19.0. The molecule has 1 heterocycles. The molecule has 25 heavy (non-hydrogen) atoms. The van der Waals surface area contributed by atoms with Gasteiger partial charge in [-0.25, -0.2) is 0 Å². The van der Waals surface area contributed by atoms with Crippen LogP contribution in [0.5, 0.6) is 5.75 Å². The van der Waals surface area contributed by atoms with Crippen molar-refractivity contribution in [3.63, 3.8) is 0 Å². The molecule has 10 heteroatoms. The molecule has 1 aromatic carbocycles. The second-order valence-electron chi connectivity index (χ2n) is 5.27. The molecule has 0 aliphatic carbocycles. The molecule has 2 rings (SSSR count). The summed E-state index contributed by atoms with van der Waals surface area (Å²) < 4.78 is 10.2. The van der Waals surface area contributed by atoms with E-state index < -0.39 is 4.92 Å². The predicted octanol–water partition coefficient (Wildman–Crippen LogP) is 0.734. The van der Waals surface area contributed by atoms with Crippen LogP contribution in [0.15, 0.2) is 23.3 Å². The van der Waals surface area contributed by atoms with E-state index in [0.717, 1.165) is 32.8 Å². The van der Waals surface area contributed by atoms with Crippen molar-refractivity contribution < 1.29 is 14.4 Å². The van der Waals surface area contributed by atoms with Crippen molar-refractivity contribution in [3.05, 3.63) is 33.9 Å². The summed E-state index contributed by atoms with van der Waals surface area (Å²) in [5.41, 5.74) is 3.14. The largest absolute Gasteiger partial charge is 0.490 e. The van der Waals surface area contributed by atoms with Crippen LogP contribution in [-0.4, -0.2) is 67.7 Å². The Morgan fingerprint density at radius 1 is 1.52 bits per heavy atom. The van der Waals surface area contributed by atoms with E-state index in [1.807, 2.05) is 0 Å². The minimum absolute atomic E-state index is 0.113. The molecule has 1 aliphatic rings. The van der Waals surface area contributed by atoms with Crippen molar-refractivity contribution in [2.45, 2.75) is 0 Å². The Balaban J connectivity index is 1.76. The van der Waals surface area contributed by atoms with Gasteiger partial charge >= 0.3 is 5.69 Å². The lowest BCUT2D eigenvalue weighted by atomic mass is 10.2. The average Bonchev–Trinajstić information content (AvgIpc) is 2.62. The molecule has 2 N–H and O–H groups in total. The number of nitro groups is 1. The molecule has 0 atom stereocenters. The summed E-state index contributed by atoms with van der Waals surface area (Å²) in [6.07, 6.45) is 1.46. The molecule has 1 saturated heterocycles. The highest BCUT2D eigenvalue weighted by atomic mass is 32.1. The van der Waals surface area contributed by atoms with Crippen LogP contribution in [0.4, 0.5) is 5.69 Å². The van der Waals surface area contributed by atoms with Gasteiger partial charge in [-0.05, 0) is 24.4 Å². The standard InChI is InChI=1S/C15H21N5O4S/c1-23-14-3-2-12(10-13(14)20(21)22)11-17-18-15(25)16-4-5-19-6-8-24-9-7-19/h2-3,10-11H,4-9H2,1H3,(H2,16,18,25)/b17-11+. The van der Waals surface area contributed by atoms with Crippen molar-refractivity contribution in [3.8, 4) is 5.75 Å². The second-order valence-corrected chi connectivity index (χ2v) is 5.68. The van der Waals surface area contributed by atoms with Gasteiger partial charge in [-0.1, -0.05) is 0 Å². The molecule has 0 bridgehead atoms. The molecule has 0 aromatic heterocycles. The maximum Gasteiger partial charge on any atom is 0.311 e. The Labute approximate surface area is 151 Å². The first-order chi connectivity index (χ1) is 12.1. The summed E-state index contributed by atoms with van der Waals surface area (Å²) >= 11 is 5.14. The van der Waals surface area contributed by atoms with E-state index in [2.05, 4.69) is 20.7 Å². The zero-order valence-electron chi connectivity index (χ0n) is 13.9. The van der Waals surface area contributed by atoms with Crippen molar-refractivity contribution in [1.29, 1.82) is 0 Å². The average molecular weight is 367 g/mol. The zero-order chi connectivity index (χ0) is 18.1. The predicted molar refractivity (Wildman–Crippen MR) is 98.2 cm³/mol. The second kappa shape index (κ2) is 9.87. The Hall–Kier alpha value is -2.30. The van der Waals surface area contributed by atoms with Crippen molar-refractivity contribution >= 4 is 29.2 Å². The van der Waals surface area contributed by atoms with Gasteiger partial charge in [0.05, 0.1) is 31.5 Å². The molecule has 1 aromatic rings. The fourth-order valence-corrected chi connectivity index (χ4v) is 2.44. The smallest absolute Gasteiger partial charge is 0.311 e. The number of nitrogens with one attached hydrogen (secondary N) is 2. The summed E-state index contributed by atoms with van der Waals surface area (Å²) in [6.45, 7) is 4.96. The minimum Gasteiger partial charge on any atom is -0.490 e. The van der Waals surface area contributed by atoms with Gasteiger partial charge in [0.1, 0.15) is 0 Å². The topological polar surface area (TPSA) is 101 Å². The maximum absolute atomic E-state index is 11.0. The number of hydrazone groups is 1. The summed E-state index contributed by atoms with van der Waals surface area (Å²) in [6, 6.07) is 4.59. The third-order valence-electron chi connectivity index (χ3n) is 3.60. The maximum atomic E-state index is 11.0. The fourth-order valence-electron chi connectivity index (χ4n) is 2.29. The van der Waals surface area contributed by atoms with E-state index in [1.165, 1.54) is 25.5 Å². The van der Waals surface area contributed by atoms with Crippen LogP contribution in [-0.2, 0) is 4.74 Å². The van der Waals surface area contributed by atoms with Gasteiger partial charge in [-0.2, -0.15) is 5.10 Å². The van der Waals surface area contributed by atoms with Crippen LogP contribution in [0, 0.1) is 10.1 Å². The molecule has 0 radical (unpaired) electrons. The van der Waals surface area contributed by atoms with Gasteiger partial charge in [0.15, 0.2) is 10.9 Å². The number of morpholine rings is 1. The van der Waals surface area contributed by atoms with Gasteiger partial charge in [0.2, 0.25) is 0 Å². The number of nitrogens with zero attached hydrogens (tertiary/aromatic N) is 3. The van der Waals surface area contributed by atoms with Gasteiger partial charge in [-0.3, -0.25) is 20.4 Å². The van der Waals surface area contributed by atoms with Crippen LogP contribution in [0.2, 0.25) is 0 Å². The number of hydrogen-bond acceptors (Lipinski definition) is 7. The van der Waals surface area contributed by atoms with Crippen LogP contribution in [0.3, 0.4) is 0 Å². The fraction of sp³-hybridized carbons (Fsp3) is 0.467. The van der Waals surface area contributed by atoms with Crippen molar-refractivity contribution in [2.24, 2.45) is 5.10 Å². The molecule has 0 saturated carbocycles. The number of nitro benzene ring substituents is 1. The van der Waals surface area contributed by atoms with Crippen LogP contribution < -0.4 is 15.5 Å². The quantitative estimate of drug-likeness (QED) is 0.315. The molecule has 1 fully saturated rings. The molecule has 136 valence electrons. The highest BCUT2D eigenvalue weighted by molar-refractivity contribution is 7.80. The number of rotatable bonds is 7. The summed E-state index contributed by atoms with van der Waals surface area (Å²) in [5.74, 6) is 0.204. The number of ether oxygens (including phenoxy) is 2. The number of benzene rings is 1. The SMILES string of the molecule is COc1ccc(/C=N/NC(=S)NCCN2CCOCC2)cc1[N+](=O)[O-]. The lowest BCUT2D eigenvalue weighted by Crippen LogP contribution is -2.42. The molecule has 0 unspecified atom stereocenters. The lowest BCUT2D eigenvalue weighted by Gasteiger charge is -2.26. The summed E-state index contributed by atoms with van der Waals surface area (Å²) in [4.78, 5) is 12.8. The van der Waals surface area contributed by atoms with Gasteiger partial charge < -0.3 is 14.8 Å². The van der Waals surface area contributed by atoms with Gasteiger partial charge in [-0.15, -0.1) is 0 Å². The van der Waals surface area contributed by atoms with E-state index >= 15 is 0 Å². The van der Waals surface area contributed by atoms with Crippen LogP contribution in [0.25, 0.3) is 0 Å². The Kier molecular flexibility index (Phi) is 7.51. The Morgan fingerprint density at radius 3 is 2.96 bits per heavy atom. The Morgan fingerprint density at radius 2 is 2.28 bits per heavy atom. The van der Waals surface area contributed by atoms with E-state index in [9.17, 15) is 10.1 Å². The monoisotopic (exact) mass is 367 g/mol.